The van der Waals surface area contributed by atoms with Crippen molar-refractivity contribution in [2.75, 3.05) is 25.1 Å². The Labute approximate surface area is 163 Å². The van der Waals surface area contributed by atoms with Gasteiger partial charge in [-0.15, -0.1) is 0 Å². The van der Waals surface area contributed by atoms with Gasteiger partial charge in [0.2, 0.25) is 11.8 Å². The molecule has 0 aliphatic carbocycles. The number of aromatic nitrogens is 2. The Morgan fingerprint density at radius 2 is 2.04 bits per heavy atom. The lowest BCUT2D eigenvalue weighted by Gasteiger charge is -2.39. The maximum absolute atomic E-state index is 12.8. The molecule has 1 aromatic heterocycles. The van der Waals surface area contributed by atoms with Crippen LogP contribution in [0, 0.1) is 0 Å². The molecule has 2 heterocycles. The molecule has 3 aromatic rings. The van der Waals surface area contributed by atoms with Gasteiger partial charge in [-0.1, -0.05) is 18.2 Å². The van der Waals surface area contributed by atoms with Crippen molar-refractivity contribution in [2.45, 2.75) is 19.5 Å². The Balaban J connectivity index is 1.49. The minimum atomic E-state index is -0.128. The zero-order valence-corrected chi connectivity index (χ0v) is 15.9. The molecule has 28 heavy (non-hydrogen) atoms. The number of hydrogen-bond acceptors (Lipinski definition) is 4. The van der Waals surface area contributed by atoms with Crippen LogP contribution in [0.5, 0.6) is 5.75 Å². The van der Waals surface area contributed by atoms with E-state index in [9.17, 15) is 9.59 Å². The molecule has 2 amide bonds. The summed E-state index contributed by atoms with van der Waals surface area (Å²) >= 11 is 0. The summed E-state index contributed by atoms with van der Waals surface area (Å²) in [5, 5.41) is 0. The van der Waals surface area contributed by atoms with Gasteiger partial charge in [0, 0.05) is 18.3 Å². The van der Waals surface area contributed by atoms with E-state index in [1.807, 2.05) is 60.0 Å². The summed E-state index contributed by atoms with van der Waals surface area (Å²) in [5.41, 5.74) is 2.54. The van der Waals surface area contributed by atoms with Gasteiger partial charge in [-0.05, 0) is 31.2 Å². The summed E-state index contributed by atoms with van der Waals surface area (Å²) in [6.45, 7) is 2.66. The van der Waals surface area contributed by atoms with E-state index in [0.29, 0.717) is 12.3 Å². The van der Waals surface area contributed by atoms with Gasteiger partial charge >= 0.3 is 0 Å². The lowest BCUT2D eigenvalue weighted by Crippen LogP contribution is -2.57. The van der Waals surface area contributed by atoms with Crippen molar-refractivity contribution in [3.05, 3.63) is 54.9 Å². The number of nitrogens with zero attached hydrogens (tertiary/aromatic N) is 4. The molecule has 1 fully saturated rings. The topological polar surface area (TPSA) is 67.7 Å². The largest absolute Gasteiger partial charge is 0.497 e. The Kier molecular flexibility index (Phi) is 4.73. The number of para-hydroxylation sites is 2. The van der Waals surface area contributed by atoms with Crippen molar-refractivity contribution in [1.29, 1.82) is 0 Å². The van der Waals surface area contributed by atoms with E-state index in [1.54, 1.807) is 23.2 Å². The molecule has 0 N–H and O–H groups in total. The molecule has 7 heteroatoms. The van der Waals surface area contributed by atoms with Crippen LogP contribution in [-0.4, -0.2) is 52.5 Å². The van der Waals surface area contributed by atoms with Gasteiger partial charge in [0.25, 0.3) is 0 Å². The first-order chi connectivity index (χ1) is 13.6. The number of hydrogen-bond donors (Lipinski definition) is 0. The molecule has 1 aliphatic rings. The number of benzene rings is 2. The number of ether oxygens (including phenoxy) is 1. The summed E-state index contributed by atoms with van der Waals surface area (Å²) in [5.74, 6) is 0.507. The lowest BCUT2D eigenvalue weighted by atomic mass is 10.1. The van der Waals surface area contributed by atoms with Crippen LogP contribution in [0.2, 0.25) is 0 Å². The van der Waals surface area contributed by atoms with Gasteiger partial charge in [-0.25, -0.2) is 4.98 Å². The Morgan fingerprint density at radius 1 is 1.21 bits per heavy atom. The van der Waals surface area contributed by atoms with Crippen molar-refractivity contribution >= 4 is 28.5 Å². The summed E-state index contributed by atoms with van der Waals surface area (Å²) < 4.78 is 7.08. The van der Waals surface area contributed by atoms with Crippen LogP contribution < -0.4 is 9.64 Å². The number of carbonyl (C=O) groups is 2. The molecule has 2 aromatic carbocycles. The highest BCUT2D eigenvalue weighted by Gasteiger charge is 2.33. The molecule has 4 rings (SSSR count). The smallest absolute Gasteiger partial charge is 0.246 e. The van der Waals surface area contributed by atoms with Gasteiger partial charge in [0.1, 0.15) is 18.8 Å². The minimum absolute atomic E-state index is 0.0625. The number of imidazole rings is 1. The third-order valence-electron chi connectivity index (χ3n) is 5.04. The first-order valence-electron chi connectivity index (χ1n) is 9.20. The molecule has 7 nitrogen and oxygen atoms in total. The van der Waals surface area contributed by atoms with Crippen LogP contribution in [0.25, 0.3) is 11.0 Å². The number of piperazine rings is 1. The minimum Gasteiger partial charge on any atom is -0.497 e. The molecular formula is C21H22N4O3. The molecule has 144 valence electrons. The van der Waals surface area contributed by atoms with E-state index in [2.05, 4.69) is 4.98 Å². The third-order valence-corrected chi connectivity index (χ3v) is 5.04. The molecule has 0 radical (unpaired) electrons. The highest BCUT2D eigenvalue weighted by atomic mass is 16.5. The lowest BCUT2D eigenvalue weighted by molar-refractivity contribution is -0.138. The van der Waals surface area contributed by atoms with Crippen molar-refractivity contribution in [3.63, 3.8) is 0 Å². The van der Waals surface area contributed by atoms with E-state index in [1.165, 1.54) is 0 Å². The molecule has 0 unspecified atom stereocenters. The van der Waals surface area contributed by atoms with E-state index >= 15 is 0 Å². The maximum Gasteiger partial charge on any atom is 0.246 e. The van der Waals surface area contributed by atoms with E-state index in [0.717, 1.165) is 16.7 Å². The number of rotatable bonds is 4. The van der Waals surface area contributed by atoms with E-state index < -0.39 is 0 Å². The quantitative estimate of drug-likeness (QED) is 0.699. The van der Waals surface area contributed by atoms with Crippen molar-refractivity contribution in [1.82, 2.24) is 14.5 Å². The Hall–Kier alpha value is -3.35. The SMILES string of the molecule is COc1cccc(N2C(=O)CN(C(=O)Cn3cnc4ccccc43)C[C@H]2C)c1. The number of amides is 2. The fraction of sp³-hybridized carbons (Fsp3) is 0.286. The maximum atomic E-state index is 12.8. The Morgan fingerprint density at radius 3 is 2.82 bits per heavy atom. The number of fused-ring (bicyclic) bond motifs is 1. The van der Waals surface area contributed by atoms with E-state index in [4.69, 9.17) is 4.74 Å². The van der Waals surface area contributed by atoms with E-state index in [-0.39, 0.29) is 30.9 Å². The van der Waals surface area contributed by atoms with Gasteiger partial charge < -0.3 is 19.1 Å². The number of carbonyl (C=O) groups excluding carboxylic acids is 2. The van der Waals surface area contributed by atoms with Crippen LogP contribution in [-0.2, 0) is 16.1 Å². The van der Waals surface area contributed by atoms with Gasteiger partial charge in [-0.2, -0.15) is 0 Å². The van der Waals surface area contributed by atoms with Crippen LogP contribution in [0.1, 0.15) is 6.92 Å². The second-order valence-corrected chi connectivity index (χ2v) is 6.95. The van der Waals surface area contributed by atoms with Crippen molar-refractivity contribution in [3.8, 4) is 5.75 Å². The van der Waals surface area contributed by atoms with Crippen molar-refractivity contribution in [2.24, 2.45) is 0 Å². The van der Waals surface area contributed by atoms with Crippen LogP contribution in [0.4, 0.5) is 5.69 Å². The van der Waals surface area contributed by atoms with Gasteiger partial charge in [0.05, 0.1) is 30.5 Å². The summed E-state index contributed by atoms with van der Waals surface area (Å²) in [4.78, 5) is 33.3. The zero-order valence-electron chi connectivity index (χ0n) is 15.9. The second-order valence-electron chi connectivity index (χ2n) is 6.95. The molecule has 1 aliphatic heterocycles. The predicted octanol–water partition coefficient (Wildman–Crippen LogP) is 2.31. The molecule has 1 atom stereocenters. The molecule has 1 saturated heterocycles. The molecule has 0 spiro atoms. The highest BCUT2D eigenvalue weighted by Crippen LogP contribution is 2.25. The second kappa shape index (κ2) is 7.34. The zero-order chi connectivity index (χ0) is 19.7. The average molecular weight is 378 g/mol. The third kappa shape index (κ3) is 3.31. The van der Waals surface area contributed by atoms with Gasteiger partial charge in [-0.3, -0.25) is 9.59 Å². The standard InChI is InChI=1S/C21H22N4O3/c1-15-11-23(13-21(27)25(15)16-6-5-7-17(10-16)28-2)20(26)12-24-14-22-18-8-3-4-9-19(18)24/h3-10,14-15H,11-13H2,1-2H3/t15-/m1/s1. The fourth-order valence-corrected chi connectivity index (χ4v) is 3.68. The van der Waals surface area contributed by atoms with Crippen LogP contribution >= 0.6 is 0 Å². The summed E-state index contributed by atoms with van der Waals surface area (Å²) in [6.07, 6.45) is 1.67. The average Bonchev–Trinajstić information content (AvgIpc) is 3.10. The molecule has 0 saturated carbocycles. The summed E-state index contributed by atoms with van der Waals surface area (Å²) in [6, 6.07) is 15.0. The van der Waals surface area contributed by atoms with Crippen LogP contribution in [0.15, 0.2) is 54.9 Å². The first-order valence-corrected chi connectivity index (χ1v) is 9.20. The first kappa shape index (κ1) is 18.0. The predicted molar refractivity (Wildman–Crippen MR) is 106 cm³/mol. The number of methoxy groups -OCH3 is 1. The van der Waals surface area contributed by atoms with Gasteiger partial charge in [0.15, 0.2) is 0 Å². The molecule has 0 bridgehead atoms. The van der Waals surface area contributed by atoms with Crippen LogP contribution in [0.3, 0.4) is 0 Å². The monoisotopic (exact) mass is 378 g/mol. The normalized spacial score (nSPS) is 17.2. The van der Waals surface area contributed by atoms with Crippen molar-refractivity contribution < 1.29 is 14.3 Å². The number of anilines is 1. The summed E-state index contributed by atoms with van der Waals surface area (Å²) in [7, 11) is 1.60. The molecular weight excluding hydrogens is 356 g/mol. The Bertz CT molecular complexity index is 1030. The highest BCUT2D eigenvalue weighted by molar-refractivity contribution is 5.98. The fourth-order valence-electron chi connectivity index (χ4n) is 3.68.